The minimum Gasteiger partial charge on any atom is -1.00 e. The van der Waals surface area contributed by atoms with Gasteiger partial charge < -0.3 is 27.0 Å². The number of rotatable bonds is 19. The van der Waals surface area contributed by atoms with E-state index >= 15 is 0 Å². The van der Waals surface area contributed by atoms with Crippen LogP contribution in [-0.4, -0.2) is 18.3 Å². The fourth-order valence-electron chi connectivity index (χ4n) is 4.89. The molecule has 0 aliphatic heterocycles. The van der Waals surface area contributed by atoms with Crippen molar-refractivity contribution in [1.82, 2.24) is 0 Å². The maximum absolute atomic E-state index is 13.2. The molecule has 1 aromatic heterocycles. The lowest BCUT2D eigenvalue weighted by Crippen LogP contribution is -3.00. The van der Waals surface area contributed by atoms with E-state index in [9.17, 15) is 9.59 Å². The molecule has 3 rings (SSSR count). The fourth-order valence-corrected chi connectivity index (χ4v) is 5.56. The number of hydrogen-bond acceptors (Lipinski definition) is 4. The number of anilines is 1. The van der Waals surface area contributed by atoms with Crippen molar-refractivity contribution in [3.8, 4) is 5.75 Å². The molecule has 0 fully saturated rings. The van der Waals surface area contributed by atoms with Gasteiger partial charge in [-0.05, 0) is 37.6 Å². The van der Waals surface area contributed by atoms with Gasteiger partial charge in [-0.1, -0.05) is 107 Å². The molecule has 0 saturated carbocycles. The highest BCUT2D eigenvalue weighted by Gasteiger charge is 2.19. The number of Topliss-reactive ketones (excluding diaryl/α,β-unsaturated/α-hetero) is 1. The number of thiazole rings is 1. The van der Waals surface area contributed by atoms with E-state index in [1.165, 1.54) is 76.1 Å². The summed E-state index contributed by atoms with van der Waals surface area (Å²) in [6, 6.07) is 13.1. The SMILES string of the molecule is CCCCCCCCCCCCCCOc1c(C(C)=O)cccc1C(=O)Nc1ccc(C[n+]2ccsc2C)cc1.[Br-]. The topological polar surface area (TPSA) is 59.3 Å². The summed E-state index contributed by atoms with van der Waals surface area (Å²) in [7, 11) is 0. The maximum atomic E-state index is 13.2. The normalized spacial score (nSPS) is 10.7. The van der Waals surface area contributed by atoms with Crippen LogP contribution in [0.3, 0.4) is 0 Å². The third-order valence-corrected chi connectivity index (χ3v) is 8.17. The highest BCUT2D eigenvalue weighted by Crippen LogP contribution is 2.26. The second-order valence-electron chi connectivity index (χ2n) is 10.7. The highest BCUT2D eigenvalue weighted by molar-refractivity contribution is 7.09. The average molecular weight is 644 g/mol. The third-order valence-electron chi connectivity index (χ3n) is 7.33. The van der Waals surface area contributed by atoms with E-state index in [-0.39, 0.29) is 28.7 Å². The Balaban J connectivity index is 0.00000588. The van der Waals surface area contributed by atoms with Crippen molar-refractivity contribution in [3.05, 3.63) is 75.7 Å². The molecule has 0 atom stereocenters. The van der Waals surface area contributed by atoms with Crippen molar-refractivity contribution in [2.24, 2.45) is 0 Å². The highest BCUT2D eigenvalue weighted by atomic mass is 79.9. The molecule has 0 saturated heterocycles. The first-order chi connectivity index (χ1) is 19.5. The molecule has 41 heavy (non-hydrogen) atoms. The Morgan fingerprint density at radius 2 is 1.41 bits per heavy atom. The van der Waals surface area contributed by atoms with Gasteiger partial charge in [-0.15, -0.1) is 0 Å². The summed E-state index contributed by atoms with van der Waals surface area (Å²) in [6.07, 6.45) is 17.4. The van der Waals surface area contributed by atoms with Crippen LogP contribution in [0.25, 0.3) is 0 Å². The number of nitrogens with zero attached hydrogens (tertiary/aromatic N) is 1. The summed E-state index contributed by atoms with van der Waals surface area (Å²) in [5.74, 6) is 0.00467. The second-order valence-corrected chi connectivity index (χ2v) is 11.8. The number of halogens is 1. The van der Waals surface area contributed by atoms with Crippen LogP contribution in [-0.2, 0) is 6.54 Å². The van der Waals surface area contributed by atoms with Crippen LogP contribution in [0.15, 0.2) is 54.0 Å². The van der Waals surface area contributed by atoms with Gasteiger partial charge in [0.2, 0.25) is 5.01 Å². The van der Waals surface area contributed by atoms with Gasteiger partial charge in [-0.3, -0.25) is 9.59 Å². The molecule has 2 aromatic carbocycles. The fraction of sp³-hybridized carbons (Fsp3) is 0.500. The van der Waals surface area contributed by atoms with Gasteiger partial charge in [0.15, 0.2) is 18.5 Å². The Hall–Kier alpha value is -2.51. The molecule has 0 aliphatic rings. The van der Waals surface area contributed by atoms with Gasteiger partial charge in [0.05, 0.1) is 23.1 Å². The van der Waals surface area contributed by atoms with Gasteiger partial charge in [-0.2, -0.15) is 4.57 Å². The first-order valence-electron chi connectivity index (χ1n) is 15.1. The summed E-state index contributed by atoms with van der Waals surface area (Å²) in [4.78, 5) is 25.5. The van der Waals surface area contributed by atoms with Gasteiger partial charge in [0.1, 0.15) is 5.75 Å². The molecule has 0 spiro atoms. The molecule has 0 aliphatic carbocycles. The number of carbonyl (C=O) groups is 2. The van der Waals surface area contributed by atoms with Crippen LogP contribution in [0.2, 0.25) is 0 Å². The Bertz CT molecular complexity index is 1190. The second kappa shape index (κ2) is 19.6. The monoisotopic (exact) mass is 642 g/mol. The Morgan fingerprint density at radius 3 is 1.98 bits per heavy atom. The van der Waals surface area contributed by atoms with E-state index in [0.29, 0.717) is 29.2 Å². The van der Waals surface area contributed by atoms with E-state index in [4.69, 9.17) is 4.74 Å². The smallest absolute Gasteiger partial charge is 0.259 e. The predicted molar refractivity (Wildman–Crippen MR) is 166 cm³/mol. The number of nitrogens with one attached hydrogen (secondary N) is 1. The molecule has 0 unspecified atom stereocenters. The number of unbranched alkanes of at least 4 members (excludes halogenated alkanes) is 11. The van der Waals surface area contributed by atoms with E-state index < -0.39 is 0 Å². The Labute approximate surface area is 261 Å². The lowest BCUT2D eigenvalue weighted by Gasteiger charge is -2.15. The zero-order valence-electron chi connectivity index (χ0n) is 25.1. The third kappa shape index (κ3) is 12.1. The van der Waals surface area contributed by atoms with Crippen LogP contribution < -0.4 is 31.6 Å². The maximum Gasteiger partial charge on any atom is 0.259 e. The van der Waals surface area contributed by atoms with Crippen LogP contribution in [0.1, 0.15) is 122 Å². The number of para-hydroxylation sites is 1. The van der Waals surface area contributed by atoms with Gasteiger partial charge >= 0.3 is 0 Å². The van der Waals surface area contributed by atoms with Crippen molar-refractivity contribution >= 4 is 28.7 Å². The number of carbonyl (C=O) groups excluding carboxylic acids is 2. The Kier molecular flexibility index (Phi) is 16.6. The number of ketones is 1. The molecule has 7 heteroatoms. The van der Waals surface area contributed by atoms with Gasteiger partial charge in [0.25, 0.3) is 5.91 Å². The van der Waals surface area contributed by atoms with Crippen LogP contribution in [0.4, 0.5) is 5.69 Å². The minimum atomic E-state index is -0.274. The van der Waals surface area contributed by atoms with E-state index in [1.807, 2.05) is 24.3 Å². The van der Waals surface area contributed by atoms with Crippen molar-refractivity contribution in [2.45, 2.75) is 104 Å². The van der Waals surface area contributed by atoms with Crippen molar-refractivity contribution in [3.63, 3.8) is 0 Å². The first kappa shape index (κ1) is 34.7. The number of ether oxygens (including phenoxy) is 1. The molecule has 1 N–H and O–H groups in total. The standard InChI is InChI=1S/C34H46N2O3S.BrH/c1-4-5-6-7-8-9-10-11-12-13-14-15-24-39-33-31(27(2)37)17-16-18-32(33)34(38)35-30-21-19-29(20-22-30)26-36-23-25-40-28(36)3;/h16-23,25H,4-15,24,26H2,1-3H3;1H. The molecular formula is C34H47BrN2O3S. The zero-order valence-corrected chi connectivity index (χ0v) is 27.5. The largest absolute Gasteiger partial charge is 1.00 e. The number of benzene rings is 2. The zero-order chi connectivity index (χ0) is 28.6. The average Bonchev–Trinajstić information content (AvgIpc) is 3.36. The Morgan fingerprint density at radius 1 is 0.829 bits per heavy atom. The van der Waals surface area contributed by atoms with E-state index in [2.05, 4.69) is 35.3 Å². The van der Waals surface area contributed by atoms with Crippen molar-refractivity contribution < 1.29 is 35.9 Å². The summed E-state index contributed by atoms with van der Waals surface area (Å²) in [6.45, 7) is 7.17. The summed E-state index contributed by atoms with van der Waals surface area (Å²) in [5, 5.41) is 6.31. The minimum absolute atomic E-state index is 0. The number of aromatic nitrogens is 1. The van der Waals surface area contributed by atoms with Crippen molar-refractivity contribution in [2.75, 3.05) is 11.9 Å². The van der Waals surface area contributed by atoms with E-state index in [0.717, 1.165) is 24.9 Å². The number of aryl methyl sites for hydroxylation is 1. The molecular weight excluding hydrogens is 596 g/mol. The quantitative estimate of drug-likeness (QED) is 0.100. The number of amides is 1. The predicted octanol–water partition coefficient (Wildman–Crippen LogP) is 5.93. The lowest BCUT2D eigenvalue weighted by atomic mass is 10.0. The molecule has 0 bridgehead atoms. The molecule has 1 amide bonds. The van der Waals surface area contributed by atoms with Crippen LogP contribution >= 0.6 is 11.3 Å². The van der Waals surface area contributed by atoms with Gasteiger partial charge in [0, 0.05) is 18.2 Å². The molecule has 0 radical (unpaired) electrons. The number of hydrogen-bond donors (Lipinski definition) is 1. The molecule has 3 aromatic rings. The molecule has 1 heterocycles. The van der Waals surface area contributed by atoms with E-state index in [1.54, 1.807) is 29.5 Å². The first-order valence-corrected chi connectivity index (χ1v) is 16.0. The van der Waals surface area contributed by atoms with Gasteiger partial charge in [-0.25, -0.2) is 0 Å². The lowest BCUT2D eigenvalue weighted by molar-refractivity contribution is -0.689. The van der Waals surface area contributed by atoms with Crippen molar-refractivity contribution in [1.29, 1.82) is 0 Å². The molecule has 5 nitrogen and oxygen atoms in total. The molecule has 224 valence electrons. The summed E-state index contributed by atoms with van der Waals surface area (Å²) in [5.41, 5.74) is 2.71. The van der Waals surface area contributed by atoms with Crippen LogP contribution in [0, 0.1) is 6.92 Å². The summed E-state index contributed by atoms with van der Waals surface area (Å²) < 4.78 is 8.29. The summed E-state index contributed by atoms with van der Waals surface area (Å²) >= 11 is 1.72. The van der Waals surface area contributed by atoms with Crippen LogP contribution in [0.5, 0.6) is 5.75 Å².